The van der Waals surface area contributed by atoms with Crippen LogP contribution < -0.4 is 0 Å². The van der Waals surface area contributed by atoms with Crippen LogP contribution in [0.2, 0.25) is 0 Å². The average Bonchev–Trinajstić information content (AvgIpc) is 2.52. The molecule has 0 radical (unpaired) electrons. The van der Waals surface area contributed by atoms with E-state index >= 15 is 0 Å². The smallest absolute Gasteiger partial charge is 0.104 e. The number of aliphatic hydroxyl groups excluding tert-OH is 1. The van der Waals surface area contributed by atoms with E-state index in [2.05, 4.69) is 0 Å². The summed E-state index contributed by atoms with van der Waals surface area (Å²) in [5, 5.41) is 9.30. The maximum Gasteiger partial charge on any atom is 0.104 e. The van der Waals surface area contributed by atoms with Crippen molar-refractivity contribution in [2.24, 2.45) is 0 Å². The highest BCUT2D eigenvalue weighted by Crippen LogP contribution is 2.05. The minimum atomic E-state index is -0.293. The van der Waals surface area contributed by atoms with E-state index in [1.807, 2.05) is 60.7 Å². The summed E-state index contributed by atoms with van der Waals surface area (Å²) in [7, 11) is 0. The Balaban J connectivity index is 1.70. The summed E-state index contributed by atoms with van der Waals surface area (Å²) in [5.74, 6) is 0. The molecule has 2 aromatic carbocycles. The summed E-state index contributed by atoms with van der Waals surface area (Å²) in [5.41, 5.74) is 2.21. The van der Waals surface area contributed by atoms with Gasteiger partial charge in [0.15, 0.2) is 0 Å². The van der Waals surface area contributed by atoms with Crippen molar-refractivity contribution in [2.45, 2.75) is 19.3 Å². The van der Waals surface area contributed by atoms with Gasteiger partial charge in [-0.15, -0.1) is 0 Å². The maximum atomic E-state index is 9.30. The lowest BCUT2D eigenvalue weighted by atomic mass is 10.2. The van der Waals surface area contributed by atoms with E-state index in [1.54, 1.807) is 0 Å². The highest BCUT2D eigenvalue weighted by atomic mass is 16.5. The van der Waals surface area contributed by atoms with E-state index in [4.69, 9.17) is 9.47 Å². The van der Waals surface area contributed by atoms with Crippen molar-refractivity contribution in [1.29, 1.82) is 0 Å². The minimum Gasteiger partial charge on any atom is -0.394 e. The topological polar surface area (TPSA) is 38.7 Å². The van der Waals surface area contributed by atoms with Crippen molar-refractivity contribution in [3.05, 3.63) is 71.8 Å². The molecule has 0 aromatic heterocycles. The van der Waals surface area contributed by atoms with Gasteiger partial charge in [0.25, 0.3) is 0 Å². The van der Waals surface area contributed by atoms with Crippen molar-refractivity contribution in [3.8, 4) is 0 Å². The van der Waals surface area contributed by atoms with E-state index in [0.29, 0.717) is 19.8 Å². The summed E-state index contributed by atoms with van der Waals surface area (Å²) < 4.78 is 11.2. The summed E-state index contributed by atoms with van der Waals surface area (Å²) in [6, 6.07) is 19.9. The number of aliphatic hydroxyl groups is 1. The highest BCUT2D eigenvalue weighted by molar-refractivity contribution is 5.14. The average molecular weight is 272 g/mol. The molecule has 0 saturated heterocycles. The van der Waals surface area contributed by atoms with Crippen LogP contribution in [0.4, 0.5) is 0 Å². The molecule has 0 amide bonds. The Labute approximate surface area is 119 Å². The van der Waals surface area contributed by atoms with E-state index in [1.165, 1.54) is 0 Å². The van der Waals surface area contributed by atoms with Gasteiger partial charge in [-0.1, -0.05) is 60.7 Å². The van der Waals surface area contributed by atoms with Crippen LogP contribution in [0, 0.1) is 0 Å². The second kappa shape index (κ2) is 8.48. The Bertz CT molecular complexity index is 470. The molecule has 0 aliphatic heterocycles. The Morgan fingerprint density at radius 3 is 1.90 bits per heavy atom. The van der Waals surface area contributed by atoms with Gasteiger partial charge in [-0.3, -0.25) is 0 Å². The second-order valence-corrected chi connectivity index (χ2v) is 4.60. The number of hydrogen-bond acceptors (Lipinski definition) is 3. The first-order valence-corrected chi connectivity index (χ1v) is 6.76. The largest absolute Gasteiger partial charge is 0.394 e. The molecule has 0 saturated carbocycles. The summed E-state index contributed by atoms with van der Waals surface area (Å²) >= 11 is 0. The van der Waals surface area contributed by atoms with Crippen LogP contribution in [0.3, 0.4) is 0 Å². The van der Waals surface area contributed by atoms with Crippen LogP contribution in [-0.2, 0) is 22.7 Å². The fourth-order valence-corrected chi connectivity index (χ4v) is 1.82. The van der Waals surface area contributed by atoms with Crippen molar-refractivity contribution in [2.75, 3.05) is 13.2 Å². The fraction of sp³-hybridized carbons (Fsp3) is 0.294. The number of rotatable bonds is 8. The number of benzene rings is 2. The van der Waals surface area contributed by atoms with E-state index < -0.39 is 0 Å². The van der Waals surface area contributed by atoms with Crippen LogP contribution in [0.15, 0.2) is 60.7 Å². The van der Waals surface area contributed by atoms with E-state index in [0.717, 1.165) is 11.1 Å². The lowest BCUT2D eigenvalue weighted by Gasteiger charge is -2.15. The number of ether oxygens (including phenoxy) is 2. The molecule has 0 aliphatic rings. The zero-order valence-corrected chi connectivity index (χ0v) is 11.4. The monoisotopic (exact) mass is 272 g/mol. The first kappa shape index (κ1) is 14.7. The third kappa shape index (κ3) is 5.13. The van der Waals surface area contributed by atoms with Crippen LogP contribution in [0.1, 0.15) is 11.1 Å². The third-order valence-electron chi connectivity index (χ3n) is 2.95. The van der Waals surface area contributed by atoms with E-state index in [9.17, 15) is 5.11 Å². The molecule has 2 aromatic rings. The van der Waals surface area contributed by atoms with Crippen molar-refractivity contribution in [1.82, 2.24) is 0 Å². The molecule has 1 unspecified atom stereocenters. The van der Waals surface area contributed by atoms with Gasteiger partial charge < -0.3 is 14.6 Å². The molecule has 3 heteroatoms. The van der Waals surface area contributed by atoms with Crippen molar-refractivity contribution >= 4 is 0 Å². The summed E-state index contributed by atoms with van der Waals surface area (Å²) in [4.78, 5) is 0. The molecule has 0 heterocycles. The van der Waals surface area contributed by atoms with Gasteiger partial charge in [-0.05, 0) is 11.1 Å². The molecule has 0 spiro atoms. The summed E-state index contributed by atoms with van der Waals surface area (Å²) in [6.07, 6.45) is -0.293. The first-order valence-electron chi connectivity index (χ1n) is 6.76. The number of hydrogen-bond donors (Lipinski definition) is 1. The van der Waals surface area contributed by atoms with Crippen LogP contribution >= 0.6 is 0 Å². The Morgan fingerprint density at radius 2 is 1.35 bits per heavy atom. The first-order chi connectivity index (χ1) is 9.88. The van der Waals surface area contributed by atoms with Gasteiger partial charge in [0.1, 0.15) is 6.10 Å². The van der Waals surface area contributed by atoms with Gasteiger partial charge in [-0.2, -0.15) is 0 Å². The van der Waals surface area contributed by atoms with Crippen molar-refractivity contribution < 1.29 is 14.6 Å². The highest BCUT2D eigenvalue weighted by Gasteiger charge is 2.08. The predicted octanol–water partition coefficient (Wildman–Crippen LogP) is 2.78. The summed E-state index contributed by atoms with van der Waals surface area (Å²) in [6.45, 7) is 1.37. The molecule has 0 fully saturated rings. The normalized spacial score (nSPS) is 12.2. The zero-order chi connectivity index (χ0) is 14.0. The van der Waals surface area contributed by atoms with Crippen LogP contribution in [-0.4, -0.2) is 24.4 Å². The third-order valence-corrected chi connectivity index (χ3v) is 2.95. The molecule has 106 valence electrons. The molecular formula is C17H20O3. The molecule has 1 N–H and O–H groups in total. The van der Waals surface area contributed by atoms with Crippen molar-refractivity contribution in [3.63, 3.8) is 0 Å². The molecule has 0 bridgehead atoms. The van der Waals surface area contributed by atoms with Gasteiger partial charge >= 0.3 is 0 Å². The molecule has 0 aliphatic carbocycles. The zero-order valence-electron chi connectivity index (χ0n) is 11.4. The predicted molar refractivity (Wildman–Crippen MR) is 78.2 cm³/mol. The quantitative estimate of drug-likeness (QED) is 0.803. The minimum absolute atomic E-state index is 0.0401. The lowest BCUT2D eigenvalue weighted by Crippen LogP contribution is -2.23. The molecule has 2 rings (SSSR count). The Kier molecular flexibility index (Phi) is 6.24. The maximum absolute atomic E-state index is 9.30. The molecule has 3 nitrogen and oxygen atoms in total. The lowest BCUT2D eigenvalue weighted by molar-refractivity contribution is -0.0536. The standard InChI is InChI=1S/C17H20O3/c18-11-17(20-13-16-9-5-2-6-10-16)14-19-12-15-7-3-1-4-8-15/h1-10,17-18H,11-14H2. The Hall–Kier alpha value is -1.68. The second-order valence-electron chi connectivity index (χ2n) is 4.60. The van der Waals surface area contributed by atoms with E-state index in [-0.39, 0.29) is 12.7 Å². The van der Waals surface area contributed by atoms with Crippen LogP contribution in [0.5, 0.6) is 0 Å². The molecular weight excluding hydrogens is 252 g/mol. The van der Waals surface area contributed by atoms with Gasteiger partial charge in [0.2, 0.25) is 0 Å². The molecule has 20 heavy (non-hydrogen) atoms. The van der Waals surface area contributed by atoms with Gasteiger partial charge in [0.05, 0.1) is 26.4 Å². The van der Waals surface area contributed by atoms with Gasteiger partial charge in [0, 0.05) is 0 Å². The SMILES string of the molecule is OCC(COCc1ccccc1)OCc1ccccc1. The van der Waals surface area contributed by atoms with Gasteiger partial charge in [-0.25, -0.2) is 0 Å². The fourth-order valence-electron chi connectivity index (χ4n) is 1.82. The molecule has 1 atom stereocenters. The Morgan fingerprint density at radius 1 is 0.800 bits per heavy atom. The van der Waals surface area contributed by atoms with Crippen LogP contribution in [0.25, 0.3) is 0 Å².